The average molecular weight is 236 g/mol. The van der Waals surface area contributed by atoms with Gasteiger partial charge in [-0.1, -0.05) is 46.5 Å². The van der Waals surface area contributed by atoms with Crippen LogP contribution in [0.15, 0.2) is 11.6 Å². The van der Waals surface area contributed by atoms with Crippen molar-refractivity contribution >= 4 is 45.6 Å². The van der Waals surface area contributed by atoms with Crippen LogP contribution in [0.1, 0.15) is 13.8 Å². The Balaban J connectivity index is 4.01. The van der Waals surface area contributed by atoms with Gasteiger partial charge in [0, 0.05) is 5.75 Å². The number of alkyl halides is 3. The Labute approximate surface area is 84.2 Å². The lowest BCUT2D eigenvalue weighted by Crippen LogP contribution is -2.13. The summed E-state index contributed by atoms with van der Waals surface area (Å²) in [7, 11) is -1.44. The molecule has 0 saturated heterocycles. The van der Waals surface area contributed by atoms with Gasteiger partial charge in [-0.25, -0.2) is 0 Å². The predicted octanol–water partition coefficient (Wildman–Crippen LogP) is 3.03. The first kappa shape index (κ1) is 11.8. The molecule has 0 aromatic carbocycles. The van der Waals surface area contributed by atoms with Gasteiger partial charge >= 0.3 is 0 Å². The lowest BCUT2D eigenvalue weighted by molar-refractivity contribution is 0.685. The van der Waals surface area contributed by atoms with Crippen molar-refractivity contribution in [2.75, 3.05) is 5.75 Å². The van der Waals surface area contributed by atoms with Crippen LogP contribution in [0.4, 0.5) is 0 Å². The average Bonchev–Trinajstić information content (AvgIpc) is 1.80. The van der Waals surface area contributed by atoms with Crippen molar-refractivity contribution in [1.82, 2.24) is 0 Å². The van der Waals surface area contributed by atoms with E-state index in [4.69, 9.17) is 34.8 Å². The Bertz CT molecular complexity index is 179. The smallest absolute Gasteiger partial charge is 0.255 e. The minimum Gasteiger partial charge on any atom is -0.255 e. The first-order valence-corrected chi connectivity index (χ1v) is 5.38. The summed E-state index contributed by atoms with van der Waals surface area (Å²) in [4.78, 5) is 0. The lowest BCUT2D eigenvalue weighted by atomic mass is 10.3. The maximum Gasteiger partial charge on any atom is 0.266 e. The van der Waals surface area contributed by atoms with Crippen molar-refractivity contribution in [3.05, 3.63) is 11.6 Å². The Morgan fingerprint density at radius 1 is 1.45 bits per heavy atom. The van der Waals surface area contributed by atoms with Gasteiger partial charge in [-0.2, -0.15) is 0 Å². The molecule has 11 heavy (non-hydrogen) atoms. The molecular formula is C6H9Cl3OS. The number of hydrogen-bond acceptors (Lipinski definition) is 1. The molecule has 0 aliphatic carbocycles. The van der Waals surface area contributed by atoms with Crippen LogP contribution in [0.3, 0.4) is 0 Å². The van der Waals surface area contributed by atoms with Crippen LogP contribution in [-0.2, 0) is 10.8 Å². The van der Waals surface area contributed by atoms with E-state index >= 15 is 0 Å². The minimum atomic E-state index is -1.66. The van der Waals surface area contributed by atoms with E-state index in [1.807, 2.05) is 13.8 Å². The van der Waals surface area contributed by atoms with Gasteiger partial charge in [0.2, 0.25) is 0 Å². The zero-order valence-electron chi connectivity index (χ0n) is 6.23. The van der Waals surface area contributed by atoms with Crippen LogP contribution in [0, 0.1) is 0 Å². The molecule has 1 atom stereocenters. The summed E-state index contributed by atoms with van der Waals surface area (Å²) in [5.74, 6) is 0.291. The molecule has 0 aliphatic rings. The highest BCUT2D eigenvalue weighted by molar-refractivity contribution is 7.91. The molecule has 0 saturated carbocycles. The Morgan fingerprint density at radius 2 is 1.91 bits per heavy atom. The SMILES string of the molecule is CC(C)=CCS(=O)C(Cl)(Cl)Cl. The second-order valence-electron chi connectivity index (χ2n) is 2.24. The fourth-order valence-corrected chi connectivity index (χ4v) is 1.58. The molecular weight excluding hydrogens is 226 g/mol. The molecule has 0 bridgehead atoms. The molecule has 0 aromatic rings. The van der Waals surface area contributed by atoms with Gasteiger partial charge in [0.15, 0.2) is 0 Å². The standard InChI is InChI=1S/C6H9Cl3OS/c1-5(2)3-4-11(10)6(7,8)9/h3H,4H2,1-2H3. The van der Waals surface area contributed by atoms with E-state index in [9.17, 15) is 4.21 Å². The Morgan fingerprint density at radius 3 is 2.18 bits per heavy atom. The Kier molecular flexibility index (Phi) is 5.03. The molecule has 0 spiro atoms. The monoisotopic (exact) mass is 234 g/mol. The fourth-order valence-electron chi connectivity index (χ4n) is 0.337. The molecule has 0 N–H and O–H groups in total. The number of rotatable bonds is 2. The first-order valence-electron chi connectivity index (χ1n) is 2.92. The van der Waals surface area contributed by atoms with Crippen LogP contribution >= 0.6 is 34.8 Å². The van der Waals surface area contributed by atoms with Crippen molar-refractivity contribution in [2.24, 2.45) is 0 Å². The molecule has 0 aromatic heterocycles. The summed E-state index contributed by atoms with van der Waals surface area (Å²) in [6, 6.07) is 0. The largest absolute Gasteiger partial charge is 0.266 e. The predicted molar refractivity (Wildman–Crippen MR) is 52.7 cm³/mol. The molecule has 5 heteroatoms. The second-order valence-corrected chi connectivity index (χ2v) is 6.83. The van der Waals surface area contributed by atoms with Gasteiger partial charge < -0.3 is 0 Å². The van der Waals surface area contributed by atoms with Gasteiger partial charge in [0.1, 0.15) is 0 Å². The summed E-state index contributed by atoms with van der Waals surface area (Å²) in [5, 5.41) is 0. The molecule has 66 valence electrons. The second kappa shape index (κ2) is 4.70. The van der Waals surface area contributed by atoms with Crippen molar-refractivity contribution < 1.29 is 4.21 Å². The van der Waals surface area contributed by atoms with Gasteiger partial charge in [0.25, 0.3) is 3.12 Å². The van der Waals surface area contributed by atoms with Crippen LogP contribution in [0.2, 0.25) is 0 Å². The van der Waals surface area contributed by atoms with E-state index in [2.05, 4.69) is 0 Å². The van der Waals surface area contributed by atoms with Crippen LogP contribution in [0.25, 0.3) is 0 Å². The third-order valence-electron chi connectivity index (χ3n) is 0.901. The highest BCUT2D eigenvalue weighted by Crippen LogP contribution is 2.30. The molecule has 0 radical (unpaired) electrons. The number of hydrogen-bond donors (Lipinski definition) is 0. The zero-order chi connectivity index (χ0) is 9.07. The van der Waals surface area contributed by atoms with E-state index in [0.29, 0.717) is 5.75 Å². The van der Waals surface area contributed by atoms with E-state index in [1.165, 1.54) is 0 Å². The summed E-state index contributed by atoms with van der Waals surface area (Å²) < 4.78 is 9.38. The van der Waals surface area contributed by atoms with Crippen molar-refractivity contribution in [1.29, 1.82) is 0 Å². The highest BCUT2D eigenvalue weighted by atomic mass is 35.6. The summed E-state index contributed by atoms with van der Waals surface area (Å²) in [5.41, 5.74) is 1.06. The molecule has 0 aliphatic heterocycles. The van der Waals surface area contributed by atoms with Crippen molar-refractivity contribution in [3.8, 4) is 0 Å². The topological polar surface area (TPSA) is 17.1 Å². The van der Waals surface area contributed by atoms with Gasteiger partial charge in [-0.3, -0.25) is 4.21 Å². The van der Waals surface area contributed by atoms with Crippen LogP contribution in [-0.4, -0.2) is 13.1 Å². The van der Waals surface area contributed by atoms with Gasteiger partial charge in [-0.15, -0.1) is 0 Å². The van der Waals surface area contributed by atoms with Crippen LogP contribution < -0.4 is 0 Å². The van der Waals surface area contributed by atoms with Crippen LogP contribution in [0.5, 0.6) is 0 Å². The van der Waals surface area contributed by atoms with Gasteiger partial charge in [-0.05, 0) is 13.8 Å². The highest BCUT2D eigenvalue weighted by Gasteiger charge is 2.27. The molecule has 0 fully saturated rings. The quantitative estimate of drug-likeness (QED) is 0.531. The van der Waals surface area contributed by atoms with Gasteiger partial charge in [0.05, 0.1) is 10.8 Å². The molecule has 0 rings (SSSR count). The molecule has 0 heterocycles. The molecule has 1 nitrogen and oxygen atoms in total. The minimum absolute atomic E-state index is 0.291. The number of allylic oxidation sites excluding steroid dienone is 1. The van der Waals surface area contributed by atoms with E-state index in [-0.39, 0.29) is 0 Å². The Hall–Kier alpha value is 0.760. The first-order chi connectivity index (χ1) is 4.84. The summed E-state index contributed by atoms with van der Waals surface area (Å²) >= 11 is 16.1. The van der Waals surface area contributed by atoms with E-state index in [1.54, 1.807) is 6.08 Å². The lowest BCUT2D eigenvalue weighted by Gasteiger charge is -2.07. The third kappa shape index (κ3) is 5.97. The normalized spacial score (nSPS) is 14.3. The van der Waals surface area contributed by atoms with Crippen molar-refractivity contribution in [3.63, 3.8) is 0 Å². The van der Waals surface area contributed by atoms with E-state index in [0.717, 1.165) is 5.57 Å². The third-order valence-corrected chi connectivity index (χ3v) is 3.44. The maximum atomic E-state index is 11.0. The summed E-state index contributed by atoms with van der Waals surface area (Å²) in [6.45, 7) is 3.80. The zero-order valence-corrected chi connectivity index (χ0v) is 9.32. The molecule has 0 amide bonds. The van der Waals surface area contributed by atoms with Crippen molar-refractivity contribution in [2.45, 2.75) is 17.0 Å². The molecule has 1 unspecified atom stereocenters. The fraction of sp³-hybridized carbons (Fsp3) is 0.667. The maximum absolute atomic E-state index is 11.0. The number of halogens is 3. The summed E-state index contributed by atoms with van der Waals surface area (Å²) in [6.07, 6.45) is 1.78. The van der Waals surface area contributed by atoms with E-state index < -0.39 is 13.9 Å².